The topological polar surface area (TPSA) is 59.2 Å². The summed E-state index contributed by atoms with van der Waals surface area (Å²) in [7, 11) is 0. The highest BCUT2D eigenvalue weighted by Gasteiger charge is 2.29. The summed E-state index contributed by atoms with van der Waals surface area (Å²) in [6.07, 6.45) is 3.75. The lowest BCUT2D eigenvalue weighted by molar-refractivity contribution is 0.141. The van der Waals surface area contributed by atoms with E-state index in [2.05, 4.69) is 14.9 Å². The molecule has 1 fully saturated rings. The van der Waals surface area contributed by atoms with Crippen LogP contribution < -0.4 is 0 Å². The fourth-order valence-corrected chi connectivity index (χ4v) is 1.48. The molecule has 1 N–H and O–H groups in total. The van der Waals surface area contributed by atoms with Gasteiger partial charge in [0.25, 0.3) is 0 Å². The molecule has 0 saturated heterocycles. The average molecular weight is 182 g/mol. The van der Waals surface area contributed by atoms with Gasteiger partial charge in [-0.05, 0) is 38.5 Å². The molecule has 1 aromatic heterocycles. The monoisotopic (exact) mass is 182 g/mol. The van der Waals surface area contributed by atoms with Gasteiger partial charge in [-0.25, -0.2) is 4.63 Å². The normalized spacial score (nSPS) is 18.9. The summed E-state index contributed by atoms with van der Waals surface area (Å²) in [5, 5.41) is 17.1. The zero-order valence-corrected chi connectivity index (χ0v) is 7.73. The fraction of sp³-hybridized carbons (Fsp3) is 0.778. The SMILES string of the molecule is Cc1nonc1CCC(O)C1CC1. The quantitative estimate of drug-likeness (QED) is 0.757. The van der Waals surface area contributed by atoms with Crippen molar-refractivity contribution in [2.75, 3.05) is 0 Å². The summed E-state index contributed by atoms with van der Waals surface area (Å²) in [5.74, 6) is 0.542. The Labute approximate surface area is 76.9 Å². The molecular formula is C9H14N2O2. The third-order valence-corrected chi connectivity index (χ3v) is 2.59. The highest BCUT2D eigenvalue weighted by atomic mass is 16.6. The number of aromatic nitrogens is 2. The van der Waals surface area contributed by atoms with Crippen LogP contribution >= 0.6 is 0 Å². The Bertz CT molecular complexity index is 281. The Morgan fingerprint density at radius 1 is 1.54 bits per heavy atom. The largest absolute Gasteiger partial charge is 0.393 e. The Kier molecular flexibility index (Phi) is 2.31. The lowest BCUT2D eigenvalue weighted by Gasteiger charge is -2.06. The zero-order chi connectivity index (χ0) is 9.26. The van der Waals surface area contributed by atoms with Crippen LogP contribution in [0.2, 0.25) is 0 Å². The third kappa shape index (κ3) is 2.06. The lowest BCUT2D eigenvalue weighted by Crippen LogP contribution is -2.10. The first-order valence-electron chi connectivity index (χ1n) is 4.73. The van der Waals surface area contributed by atoms with Crippen molar-refractivity contribution in [3.05, 3.63) is 11.4 Å². The van der Waals surface area contributed by atoms with Crippen LogP contribution in [0, 0.1) is 12.8 Å². The van der Waals surface area contributed by atoms with Crippen molar-refractivity contribution in [3.63, 3.8) is 0 Å². The van der Waals surface area contributed by atoms with E-state index in [1.807, 2.05) is 6.92 Å². The molecule has 1 heterocycles. The van der Waals surface area contributed by atoms with E-state index in [9.17, 15) is 5.11 Å². The van der Waals surface area contributed by atoms with E-state index in [-0.39, 0.29) is 6.10 Å². The predicted octanol–water partition coefficient (Wildman–Crippen LogP) is 1.08. The van der Waals surface area contributed by atoms with E-state index in [0.29, 0.717) is 5.92 Å². The molecule has 13 heavy (non-hydrogen) atoms. The molecule has 1 aliphatic rings. The van der Waals surface area contributed by atoms with Gasteiger partial charge in [0.15, 0.2) is 0 Å². The van der Waals surface area contributed by atoms with Crippen molar-refractivity contribution < 1.29 is 9.74 Å². The van der Waals surface area contributed by atoms with Crippen LogP contribution in [0.5, 0.6) is 0 Å². The van der Waals surface area contributed by atoms with Crippen LogP contribution in [-0.2, 0) is 6.42 Å². The molecule has 4 nitrogen and oxygen atoms in total. The van der Waals surface area contributed by atoms with Crippen molar-refractivity contribution in [2.45, 2.75) is 38.7 Å². The summed E-state index contributed by atoms with van der Waals surface area (Å²) >= 11 is 0. The van der Waals surface area contributed by atoms with Crippen LogP contribution in [0.3, 0.4) is 0 Å². The van der Waals surface area contributed by atoms with E-state index >= 15 is 0 Å². The third-order valence-electron chi connectivity index (χ3n) is 2.59. The van der Waals surface area contributed by atoms with Crippen molar-refractivity contribution in [3.8, 4) is 0 Å². The number of hydrogen-bond acceptors (Lipinski definition) is 4. The first-order chi connectivity index (χ1) is 6.27. The molecular weight excluding hydrogens is 168 g/mol. The van der Waals surface area contributed by atoms with Crippen LogP contribution in [-0.4, -0.2) is 21.5 Å². The maximum absolute atomic E-state index is 9.60. The molecule has 1 aliphatic carbocycles. The second-order valence-electron chi connectivity index (χ2n) is 3.74. The van der Waals surface area contributed by atoms with E-state index in [1.54, 1.807) is 0 Å². The van der Waals surface area contributed by atoms with Gasteiger partial charge >= 0.3 is 0 Å². The molecule has 0 aromatic carbocycles. The average Bonchev–Trinajstić information content (AvgIpc) is 2.88. The number of aliphatic hydroxyl groups excluding tert-OH is 1. The van der Waals surface area contributed by atoms with Gasteiger partial charge < -0.3 is 5.11 Å². The Morgan fingerprint density at radius 3 is 2.85 bits per heavy atom. The lowest BCUT2D eigenvalue weighted by atomic mass is 10.1. The highest BCUT2D eigenvalue weighted by Crippen LogP contribution is 2.34. The molecule has 0 radical (unpaired) electrons. The van der Waals surface area contributed by atoms with Crippen molar-refractivity contribution in [1.82, 2.24) is 10.3 Å². The van der Waals surface area contributed by atoms with Gasteiger partial charge in [-0.1, -0.05) is 10.3 Å². The van der Waals surface area contributed by atoms with Gasteiger partial charge in [-0.2, -0.15) is 0 Å². The summed E-state index contributed by atoms with van der Waals surface area (Å²) in [5.41, 5.74) is 1.71. The van der Waals surface area contributed by atoms with Crippen molar-refractivity contribution in [2.24, 2.45) is 5.92 Å². The molecule has 4 heteroatoms. The first-order valence-corrected chi connectivity index (χ1v) is 4.73. The molecule has 0 bridgehead atoms. The summed E-state index contributed by atoms with van der Waals surface area (Å²) < 4.78 is 4.57. The van der Waals surface area contributed by atoms with Crippen molar-refractivity contribution in [1.29, 1.82) is 0 Å². The molecule has 1 saturated carbocycles. The van der Waals surface area contributed by atoms with E-state index in [1.165, 1.54) is 12.8 Å². The van der Waals surface area contributed by atoms with Crippen LogP contribution in [0.15, 0.2) is 4.63 Å². The number of hydrogen-bond donors (Lipinski definition) is 1. The molecule has 0 aliphatic heterocycles. The molecule has 1 aromatic rings. The maximum Gasteiger partial charge on any atom is 0.108 e. The van der Waals surface area contributed by atoms with Gasteiger partial charge in [-0.3, -0.25) is 0 Å². The fourth-order valence-electron chi connectivity index (χ4n) is 1.48. The zero-order valence-electron chi connectivity index (χ0n) is 7.73. The Morgan fingerprint density at radius 2 is 2.31 bits per heavy atom. The Hall–Kier alpha value is -0.900. The van der Waals surface area contributed by atoms with Gasteiger partial charge in [0.2, 0.25) is 0 Å². The van der Waals surface area contributed by atoms with E-state index in [4.69, 9.17) is 0 Å². The molecule has 2 rings (SSSR count). The van der Waals surface area contributed by atoms with Gasteiger partial charge in [0, 0.05) is 0 Å². The first kappa shape index (κ1) is 8.69. The standard InChI is InChI=1S/C9H14N2O2/c1-6-8(11-13-10-6)4-5-9(12)7-2-3-7/h7,9,12H,2-5H2,1H3. The minimum Gasteiger partial charge on any atom is -0.393 e. The minimum absolute atomic E-state index is 0.156. The number of rotatable bonds is 4. The van der Waals surface area contributed by atoms with E-state index in [0.717, 1.165) is 24.2 Å². The minimum atomic E-state index is -0.156. The number of aryl methyl sites for hydroxylation is 2. The number of nitrogens with zero attached hydrogens (tertiary/aromatic N) is 2. The molecule has 0 spiro atoms. The van der Waals surface area contributed by atoms with Gasteiger partial charge in [0.1, 0.15) is 11.4 Å². The maximum atomic E-state index is 9.60. The second-order valence-corrected chi connectivity index (χ2v) is 3.74. The summed E-state index contributed by atoms with van der Waals surface area (Å²) in [4.78, 5) is 0. The van der Waals surface area contributed by atoms with Crippen LogP contribution in [0.4, 0.5) is 0 Å². The predicted molar refractivity (Wildman–Crippen MR) is 46.1 cm³/mol. The van der Waals surface area contributed by atoms with Gasteiger partial charge in [-0.15, -0.1) is 0 Å². The smallest absolute Gasteiger partial charge is 0.108 e. The van der Waals surface area contributed by atoms with E-state index < -0.39 is 0 Å². The summed E-state index contributed by atoms with van der Waals surface area (Å²) in [6.45, 7) is 1.87. The van der Waals surface area contributed by atoms with Crippen LogP contribution in [0.1, 0.15) is 30.7 Å². The number of aliphatic hydroxyl groups is 1. The molecule has 1 atom stereocenters. The summed E-state index contributed by atoms with van der Waals surface area (Å²) in [6, 6.07) is 0. The second kappa shape index (κ2) is 3.46. The van der Waals surface area contributed by atoms with Gasteiger partial charge in [0.05, 0.1) is 6.10 Å². The molecule has 1 unspecified atom stereocenters. The van der Waals surface area contributed by atoms with Crippen LogP contribution in [0.25, 0.3) is 0 Å². The highest BCUT2D eigenvalue weighted by molar-refractivity contribution is 5.04. The molecule has 72 valence electrons. The Balaban J connectivity index is 1.81. The molecule has 0 amide bonds. The van der Waals surface area contributed by atoms with Crippen molar-refractivity contribution >= 4 is 0 Å².